The molecule has 98 valence electrons. The lowest BCUT2D eigenvalue weighted by Gasteiger charge is -2.35. The van der Waals surface area contributed by atoms with Gasteiger partial charge in [-0.3, -0.25) is 0 Å². The van der Waals surface area contributed by atoms with E-state index in [9.17, 15) is 8.78 Å². The molecule has 0 amide bonds. The van der Waals surface area contributed by atoms with Crippen LogP contribution in [0.3, 0.4) is 0 Å². The second-order valence-corrected chi connectivity index (χ2v) is 5.50. The highest BCUT2D eigenvalue weighted by Crippen LogP contribution is 2.31. The summed E-state index contributed by atoms with van der Waals surface area (Å²) in [6.07, 6.45) is 3.57. The summed E-state index contributed by atoms with van der Waals surface area (Å²) < 4.78 is 26.2. The second-order valence-electron chi connectivity index (χ2n) is 5.50. The topological polar surface area (TPSA) is 12.0 Å². The van der Waals surface area contributed by atoms with Gasteiger partial charge in [0.25, 0.3) is 0 Å². The minimum absolute atomic E-state index is 0.413. The first-order valence-electron chi connectivity index (χ1n) is 6.32. The van der Waals surface area contributed by atoms with Crippen LogP contribution in [0.4, 0.5) is 8.78 Å². The van der Waals surface area contributed by atoms with Crippen LogP contribution in [0.5, 0.6) is 0 Å². The Labute approximate surface area is 107 Å². The summed E-state index contributed by atoms with van der Waals surface area (Å²) in [5.74, 6) is -1.62. The van der Waals surface area contributed by atoms with E-state index in [0.717, 1.165) is 24.1 Å². The number of rotatable bonds is 4. The summed E-state index contributed by atoms with van der Waals surface area (Å²) in [4.78, 5) is 0. The SMILES string of the molecule is C=C(NC1CCC1)C(C)(C)c1ccc(F)c(F)c1. The largest absolute Gasteiger partial charge is 0.385 e. The van der Waals surface area contributed by atoms with Crippen molar-refractivity contribution in [1.29, 1.82) is 0 Å². The standard InChI is InChI=1S/C15H19F2N/c1-10(18-12-5-4-6-12)15(2,3)11-7-8-13(16)14(17)9-11/h7-9,12,18H,1,4-6H2,2-3H3. The molecule has 0 aliphatic heterocycles. The van der Waals surface area contributed by atoms with Crippen molar-refractivity contribution < 1.29 is 8.78 Å². The number of allylic oxidation sites excluding steroid dienone is 1. The Morgan fingerprint density at radius 3 is 2.44 bits per heavy atom. The summed E-state index contributed by atoms with van der Waals surface area (Å²) in [5.41, 5.74) is 1.18. The van der Waals surface area contributed by atoms with Gasteiger partial charge in [-0.05, 0) is 37.0 Å². The Bertz CT molecular complexity index is 462. The summed E-state index contributed by atoms with van der Waals surface area (Å²) >= 11 is 0. The number of benzene rings is 1. The van der Waals surface area contributed by atoms with Gasteiger partial charge in [0.1, 0.15) is 0 Å². The van der Waals surface area contributed by atoms with Crippen LogP contribution in [0.1, 0.15) is 38.7 Å². The average molecular weight is 251 g/mol. The van der Waals surface area contributed by atoms with Gasteiger partial charge in [-0.2, -0.15) is 0 Å². The molecule has 1 aromatic rings. The van der Waals surface area contributed by atoms with Crippen LogP contribution in [0, 0.1) is 11.6 Å². The Morgan fingerprint density at radius 1 is 1.28 bits per heavy atom. The summed E-state index contributed by atoms with van der Waals surface area (Å²) in [5, 5.41) is 3.38. The third-order valence-corrected chi connectivity index (χ3v) is 3.88. The van der Waals surface area contributed by atoms with Crippen molar-refractivity contribution in [3.8, 4) is 0 Å². The zero-order chi connectivity index (χ0) is 13.3. The smallest absolute Gasteiger partial charge is 0.159 e. The van der Waals surface area contributed by atoms with Crippen LogP contribution in [0.2, 0.25) is 0 Å². The van der Waals surface area contributed by atoms with Crippen molar-refractivity contribution in [2.75, 3.05) is 0 Å². The molecule has 0 unspecified atom stereocenters. The summed E-state index contributed by atoms with van der Waals surface area (Å²) in [6, 6.07) is 4.53. The van der Waals surface area contributed by atoms with Crippen molar-refractivity contribution in [3.05, 3.63) is 47.7 Å². The molecular formula is C15H19F2N. The fourth-order valence-corrected chi connectivity index (χ4v) is 2.04. The van der Waals surface area contributed by atoms with Gasteiger partial charge in [-0.15, -0.1) is 0 Å². The van der Waals surface area contributed by atoms with E-state index in [1.54, 1.807) is 6.07 Å². The van der Waals surface area contributed by atoms with Crippen LogP contribution in [-0.2, 0) is 5.41 Å². The highest BCUT2D eigenvalue weighted by Gasteiger charge is 2.28. The Kier molecular flexibility index (Phi) is 3.42. The highest BCUT2D eigenvalue weighted by atomic mass is 19.2. The van der Waals surface area contributed by atoms with Crippen molar-refractivity contribution in [2.45, 2.75) is 44.6 Å². The third-order valence-electron chi connectivity index (χ3n) is 3.88. The van der Waals surface area contributed by atoms with Crippen LogP contribution >= 0.6 is 0 Å². The lowest BCUT2D eigenvalue weighted by atomic mass is 9.80. The van der Waals surface area contributed by atoms with Crippen molar-refractivity contribution >= 4 is 0 Å². The minimum atomic E-state index is -0.813. The van der Waals surface area contributed by atoms with Gasteiger partial charge in [0.2, 0.25) is 0 Å². The maximum Gasteiger partial charge on any atom is 0.159 e. The lowest BCUT2D eigenvalue weighted by Crippen LogP contribution is -2.40. The molecule has 0 heterocycles. The van der Waals surface area contributed by atoms with Gasteiger partial charge in [-0.25, -0.2) is 8.78 Å². The van der Waals surface area contributed by atoms with Gasteiger partial charge in [-0.1, -0.05) is 26.5 Å². The van der Waals surface area contributed by atoms with Gasteiger partial charge >= 0.3 is 0 Å². The summed E-state index contributed by atoms with van der Waals surface area (Å²) in [7, 11) is 0. The highest BCUT2D eigenvalue weighted by molar-refractivity contribution is 5.33. The van der Waals surface area contributed by atoms with Gasteiger partial charge < -0.3 is 5.32 Å². The fourth-order valence-electron chi connectivity index (χ4n) is 2.04. The molecule has 1 saturated carbocycles. The molecule has 1 fully saturated rings. The molecule has 0 radical (unpaired) electrons. The first-order valence-corrected chi connectivity index (χ1v) is 6.32. The summed E-state index contributed by atoms with van der Waals surface area (Å²) in [6.45, 7) is 7.98. The van der Waals surface area contributed by atoms with E-state index in [1.807, 2.05) is 13.8 Å². The number of hydrogen-bond acceptors (Lipinski definition) is 1. The maximum atomic E-state index is 13.3. The predicted octanol–water partition coefficient (Wildman–Crippen LogP) is 3.90. The Balaban J connectivity index is 2.17. The Hall–Kier alpha value is -1.38. The van der Waals surface area contributed by atoms with Gasteiger partial charge in [0, 0.05) is 17.2 Å². The minimum Gasteiger partial charge on any atom is -0.385 e. The monoisotopic (exact) mass is 251 g/mol. The van der Waals surface area contributed by atoms with E-state index < -0.39 is 17.0 Å². The van der Waals surface area contributed by atoms with E-state index in [1.165, 1.54) is 18.6 Å². The van der Waals surface area contributed by atoms with Crippen molar-refractivity contribution in [3.63, 3.8) is 0 Å². The molecule has 3 heteroatoms. The molecule has 1 aromatic carbocycles. The maximum absolute atomic E-state index is 13.3. The number of halogens is 2. The van der Waals surface area contributed by atoms with Crippen LogP contribution in [0.25, 0.3) is 0 Å². The first kappa shape index (κ1) is 13.1. The molecule has 0 aromatic heterocycles. The quantitative estimate of drug-likeness (QED) is 0.855. The average Bonchev–Trinajstić information content (AvgIpc) is 2.26. The second kappa shape index (κ2) is 4.71. The molecule has 0 spiro atoms. The molecular weight excluding hydrogens is 232 g/mol. The van der Waals surface area contributed by atoms with Crippen molar-refractivity contribution in [1.82, 2.24) is 5.32 Å². The molecule has 2 rings (SSSR count). The van der Waals surface area contributed by atoms with E-state index >= 15 is 0 Å². The molecule has 18 heavy (non-hydrogen) atoms. The molecule has 1 aliphatic rings. The molecule has 1 aliphatic carbocycles. The van der Waals surface area contributed by atoms with Gasteiger partial charge in [0.15, 0.2) is 11.6 Å². The number of nitrogens with one attached hydrogen (secondary N) is 1. The number of hydrogen-bond donors (Lipinski definition) is 1. The van der Waals surface area contributed by atoms with E-state index in [0.29, 0.717) is 6.04 Å². The van der Waals surface area contributed by atoms with E-state index in [-0.39, 0.29) is 0 Å². The van der Waals surface area contributed by atoms with Crippen LogP contribution in [0.15, 0.2) is 30.5 Å². The van der Waals surface area contributed by atoms with Gasteiger partial charge in [0.05, 0.1) is 0 Å². The predicted molar refractivity (Wildman–Crippen MR) is 69.3 cm³/mol. The zero-order valence-electron chi connectivity index (χ0n) is 10.9. The molecule has 0 saturated heterocycles. The zero-order valence-corrected chi connectivity index (χ0v) is 10.9. The van der Waals surface area contributed by atoms with Crippen molar-refractivity contribution in [2.24, 2.45) is 0 Å². The molecule has 0 bridgehead atoms. The third kappa shape index (κ3) is 2.40. The molecule has 0 atom stereocenters. The fraction of sp³-hybridized carbons (Fsp3) is 0.467. The molecule has 1 nitrogen and oxygen atoms in total. The Morgan fingerprint density at radius 2 is 1.94 bits per heavy atom. The van der Waals surface area contributed by atoms with Crippen LogP contribution < -0.4 is 5.32 Å². The lowest BCUT2D eigenvalue weighted by molar-refractivity contribution is 0.346. The van der Waals surface area contributed by atoms with E-state index in [4.69, 9.17) is 0 Å². The normalized spacial score (nSPS) is 16.2. The first-order chi connectivity index (χ1) is 8.41. The molecule has 1 N–H and O–H groups in total. The van der Waals surface area contributed by atoms with E-state index in [2.05, 4.69) is 11.9 Å². The van der Waals surface area contributed by atoms with Crippen LogP contribution in [-0.4, -0.2) is 6.04 Å².